The Labute approximate surface area is 101 Å². The van der Waals surface area contributed by atoms with Crippen LogP contribution in [0.2, 0.25) is 5.02 Å². The Morgan fingerprint density at radius 3 is 2.47 bits per heavy atom. The van der Waals surface area contributed by atoms with E-state index in [-0.39, 0.29) is 17.7 Å². The molecule has 2 nitrogen and oxygen atoms in total. The Bertz CT molecular complexity index is 339. The van der Waals surface area contributed by atoms with Crippen molar-refractivity contribution in [3.63, 3.8) is 0 Å². The molecule has 1 aromatic rings. The van der Waals surface area contributed by atoms with Gasteiger partial charge in [-0.2, -0.15) is 12.6 Å². The van der Waals surface area contributed by atoms with Crippen molar-refractivity contribution >= 4 is 30.1 Å². The highest BCUT2D eigenvalue weighted by Crippen LogP contribution is 2.20. The van der Waals surface area contributed by atoms with Crippen LogP contribution in [-0.2, 0) is 4.79 Å². The molecule has 0 spiro atoms. The predicted octanol–water partition coefficient (Wildman–Crippen LogP) is 2.79. The molecule has 0 radical (unpaired) electrons. The third-order valence-corrected chi connectivity index (χ3v) is 2.98. The minimum absolute atomic E-state index is 0.0146. The molecule has 0 N–H and O–H groups in total. The minimum Gasteiger partial charge on any atom is -0.338 e. The quantitative estimate of drug-likeness (QED) is 0.810. The van der Waals surface area contributed by atoms with Gasteiger partial charge in [0.25, 0.3) is 0 Å². The first-order valence-corrected chi connectivity index (χ1v) is 5.69. The summed E-state index contributed by atoms with van der Waals surface area (Å²) in [4.78, 5) is 13.1. The number of amides is 1. The number of hydrogen-bond donors (Lipinski definition) is 1. The molecule has 0 aliphatic rings. The molecule has 4 heteroatoms. The van der Waals surface area contributed by atoms with Crippen LogP contribution in [0.4, 0.5) is 0 Å². The van der Waals surface area contributed by atoms with Gasteiger partial charge in [-0.3, -0.25) is 4.79 Å². The maximum absolute atomic E-state index is 11.4. The number of carbonyl (C=O) groups is 1. The Morgan fingerprint density at radius 1 is 1.47 bits per heavy atom. The van der Waals surface area contributed by atoms with Crippen molar-refractivity contribution < 1.29 is 4.79 Å². The highest BCUT2D eigenvalue weighted by molar-refractivity contribution is 7.81. The zero-order valence-corrected chi connectivity index (χ0v) is 10.4. The van der Waals surface area contributed by atoms with Crippen LogP contribution in [0.5, 0.6) is 0 Å². The van der Waals surface area contributed by atoms with E-state index in [9.17, 15) is 4.79 Å². The molecule has 0 saturated heterocycles. The Kier molecular flexibility index (Phi) is 4.48. The lowest BCUT2D eigenvalue weighted by atomic mass is 10.1. The number of nitrogens with zero attached hydrogens (tertiary/aromatic N) is 1. The lowest BCUT2D eigenvalue weighted by Crippen LogP contribution is -2.30. The minimum atomic E-state index is 0.0146. The van der Waals surface area contributed by atoms with Gasteiger partial charge in [0.1, 0.15) is 0 Å². The second kappa shape index (κ2) is 5.42. The normalized spacial score (nSPS) is 12.3. The zero-order valence-electron chi connectivity index (χ0n) is 8.77. The lowest BCUT2D eigenvalue weighted by Gasteiger charge is -2.24. The van der Waals surface area contributed by atoms with E-state index in [2.05, 4.69) is 12.6 Å². The molecule has 0 heterocycles. The van der Waals surface area contributed by atoms with Crippen LogP contribution in [0.15, 0.2) is 24.3 Å². The van der Waals surface area contributed by atoms with Gasteiger partial charge in [0.05, 0.1) is 11.8 Å². The summed E-state index contributed by atoms with van der Waals surface area (Å²) in [6, 6.07) is 7.55. The van der Waals surface area contributed by atoms with E-state index in [0.717, 1.165) is 5.56 Å². The molecule has 0 fully saturated rings. The highest BCUT2D eigenvalue weighted by Gasteiger charge is 2.15. The smallest absolute Gasteiger partial charge is 0.232 e. The maximum Gasteiger partial charge on any atom is 0.232 e. The molecule has 82 valence electrons. The summed E-state index contributed by atoms with van der Waals surface area (Å²) in [5, 5.41) is 0.703. The van der Waals surface area contributed by atoms with Crippen molar-refractivity contribution in [3.05, 3.63) is 34.9 Å². The Morgan fingerprint density at radius 2 is 2.00 bits per heavy atom. The van der Waals surface area contributed by atoms with E-state index in [1.165, 1.54) is 0 Å². The summed E-state index contributed by atoms with van der Waals surface area (Å²) in [6.45, 7) is 1.98. The molecule has 0 aliphatic carbocycles. The van der Waals surface area contributed by atoms with Crippen molar-refractivity contribution in [2.45, 2.75) is 13.0 Å². The molecule has 1 unspecified atom stereocenters. The van der Waals surface area contributed by atoms with Gasteiger partial charge in [0.2, 0.25) is 5.91 Å². The standard InChI is InChI=1S/C11H14ClNOS/c1-8(13(2)11(14)7-15)9-3-5-10(12)6-4-9/h3-6,8,15H,7H2,1-2H3. The Hall–Kier alpha value is -0.670. The summed E-state index contributed by atoms with van der Waals surface area (Å²) in [7, 11) is 1.78. The zero-order chi connectivity index (χ0) is 11.4. The van der Waals surface area contributed by atoms with Gasteiger partial charge >= 0.3 is 0 Å². The molecule has 1 rings (SSSR count). The van der Waals surface area contributed by atoms with E-state index in [1.807, 2.05) is 31.2 Å². The summed E-state index contributed by atoms with van der Waals surface area (Å²) in [6.07, 6.45) is 0. The molecule has 1 aromatic carbocycles. The lowest BCUT2D eigenvalue weighted by molar-refractivity contribution is -0.128. The molecular weight excluding hydrogens is 230 g/mol. The first-order valence-electron chi connectivity index (χ1n) is 4.68. The summed E-state index contributed by atoms with van der Waals surface area (Å²) < 4.78 is 0. The first kappa shape index (κ1) is 12.4. The average molecular weight is 244 g/mol. The van der Waals surface area contributed by atoms with Crippen molar-refractivity contribution in [2.24, 2.45) is 0 Å². The third kappa shape index (κ3) is 3.14. The SMILES string of the molecule is CC(c1ccc(Cl)cc1)N(C)C(=O)CS. The molecule has 0 saturated carbocycles. The molecule has 0 bridgehead atoms. The van der Waals surface area contributed by atoms with Crippen molar-refractivity contribution in [3.8, 4) is 0 Å². The Balaban J connectivity index is 2.80. The van der Waals surface area contributed by atoms with Crippen molar-refractivity contribution in [1.29, 1.82) is 0 Å². The fraction of sp³-hybridized carbons (Fsp3) is 0.364. The van der Waals surface area contributed by atoms with Crippen LogP contribution >= 0.6 is 24.2 Å². The summed E-state index contributed by atoms with van der Waals surface area (Å²) in [5.41, 5.74) is 1.07. The number of halogens is 1. The maximum atomic E-state index is 11.4. The van der Waals surface area contributed by atoms with Gasteiger partial charge in [-0.25, -0.2) is 0 Å². The molecule has 0 aromatic heterocycles. The molecule has 15 heavy (non-hydrogen) atoms. The van der Waals surface area contributed by atoms with Crippen LogP contribution in [0, 0.1) is 0 Å². The fourth-order valence-electron chi connectivity index (χ4n) is 1.29. The van der Waals surface area contributed by atoms with Crippen molar-refractivity contribution in [1.82, 2.24) is 4.90 Å². The van der Waals surface area contributed by atoms with Gasteiger partial charge in [0, 0.05) is 12.1 Å². The van der Waals surface area contributed by atoms with E-state index < -0.39 is 0 Å². The summed E-state index contributed by atoms with van der Waals surface area (Å²) >= 11 is 9.76. The average Bonchev–Trinajstić information content (AvgIpc) is 2.27. The number of rotatable bonds is 3. The topological polar surface area (TPSA) is 20.3 Å². The van der Waals surface area contributed by atoms with Gasteiger partial charge < -0.3 is 4.90 Å². The molecular formula is C11H14ClNOS. The number of benzene rings is 1. The van der Waals surface area contributed by atoms with Gasteiger partial charge in [-0.05, 0) is 24.6 Å². The van der Waals surface area contributed by atoms with Crippen LogP contribution in [0.25, 0.3) is 0 Å². The fourth-order valence-corrected chi connectivity index (χ4v) is 1.64. The largest absolute Gasteiger partial charge is 0.338 e. The van der Waals surface area contributed by atoms with Crippen LogP contribution in [-0.4, -0.2) is 23.6 Å². The van der Waals surface area contributed by atoms with Crippen LogP contribution < -0.4 is 0 Å². The number of thiol groups is 1. The first-order chi connectivity index (χ1) is 7.06. The van der Waals surface area contributed by atoms with Gasteiger partial charge in [-0.15, -0.1) is 0 Å². The molecule has 1 atom stereocenters. The van der Waals surface area contributed by atoms with Crippen LogP contribution in [0.3, 0.4) is 0 Å². The van der Waals surface area contributed by atoms with E-state index in [1.54, 1.807) is 11.9 Å². The summed E-state index contributed by atoms with van der Waals surface area (Å²) in [5.74, 6) is 0.245. The number of hydrogen-bond acceptors (Lipinski definition) is 2. The second-order valence-electron chi connectivity index (χ2n) is 3.39. The number of carbonyl (C=O) groups excluding carboxylic acids is 1. The second-order valence-corrected chi connectivity index (χ2v) is 4.14. The van der Waals surface area contributed by atoms with E-state index >= 15 is 0 Å². The third-order valence-electron chi connectivity index (χ3n) is 2.46. The van der Waals surface area contributed by atoms with E-state index in [4.69, 9.17) is 11.6 Å². The van der Waals surface area contributed by atoms with Crippen LogP contribution in [0.1, 0.15) is 18.5 Å². The van der Waals surface area contributed by atoms with E-state index in [0.29, 0.717) is 5.02 Å². The van der Waals surface area contributed by atoms with Gasteiger partial charge in [-0.1, -0.05) is 23.7 Å². The molecule has 0 aliphatic heterocycles. The highest BCUT2D eigenvalue weighted by atomic mass is 35.5. The van der Waals surface area contributed by atoms with Crippen molar-refractivity contribution in [2.75, 3.05) is 12.8 Å². The monoisotopic (exact) mass is 243 g/mol. The molecule has 1 amide bonds. The predicted molar refractivity (Wildman–Crippen MR) is 66.5 cm³/mol. The van der Waals surface area contributed by atoms with Gasteiger partial charge in [0.15, 0.2) is 0 Å².